The van der Waals surface area contributed by atoms with E-state index in [0.717, 1.165) is 29.7 Å². The van der Waals surface area contributed by atoms with Gasteiger partial charge in [0.05, 0.1) is 12.7 Å². The highest BCUT2D eigenvalue weighted by molar-refractivity contribution is 7.17. The average molecular weight is 410 g/mol. The maximum absolute atomic E-state index is 13.1. The second kappa shape index (κ2) is 8.05. The minimum atomic E-state index is -0.406. The molecule has 0 radical (unpaired) electrons. The quantitative estimate of drug-likeness (QED) is 0.629. The van der Waals surface area contributed by atoms with Crippen molar-refractivity contribution in [2.75, 3.05) is 17.7 Å². The molecule has 1 aliphatic carbocycles. The third-order valence-electron chi connectivity index (χ3n) is 4.83. The first-order valence-electron chi connectivity index (χ1n) is 9.22. The number of methoxy groups -OCH3 is 1. The van der Waals surface area contributed by atoms with E-state index in [1.807, 2.05) is 0 Å². The summed E-state index contributed by atoms with van der Waals surface area (Å²) in [6.07, 6.45) is 2.70. The predicted octanol–water partition coefficient (Wildman–Crippen LogP) is 4.89. The Labute approximate surface area is 171 Å². The highest BCUT2D eigenvalue weighted by atomic mass is 32.1. The number of amides is 2. The van der Waals surface area contributed by atoms with Gasteiger partial charge >= 0.3 is 0 Å². The third kappa shape index (κ3) is 4.00. The fourth-order valence-corrected chi connectivity index (χ4v) is 4.66. The van der Waals surface area contributed by atoms with E-state index in [1.165, 1.54) is 35.6 Å². The number of aryl methyl sites for hydroxylation is 1. The number of anilines is 2. The van der Waals surface area contributed by atoms with E-state index in [1.54, 1.807) is 31.4 Å². The summed E-state index contributed by atoms with van der Waals surface area (Å²) in [4.78, 5) is 26.7. The molecule has 3 aromatic rings. The summed E-state index contributed by atoms with van der Waals surface area (Å²) in [5.74, 6) is -0.338. The molecule has 1 heterocycles. The summed E-state index contributed by atoms with van der Waals surface area (Å²) >= 11 is 1.43. The maximum atomic E-state index is 13.1. The van der Waals surface area contributed by atoms with Crippen molar-refractivity contribution in [3.63, 3.8) is 0 Å². The van der Waals surface area contributed by atoms with Crippen molar-refractivity contribution in [2.24, 2.45) is 0 Å². The van der Waals surface area contributed by atoms with Crippen molar-refractivity contribution in [3.05, 3.63) is 75.9 Å². The number of nitrogens with one attached hydrogen (secondary N) is 2. The topological polar surface area (TPSA) is 67.4 Å². The van der Waals surface area contributed by atoms with E-state index in [2.05, 4.69) is 10.6 Å². The summed E-state index contributed by atoms with van der Waals surface area (Å²) in [7, 11) is 1.58. The van der Waals surface area contributed by atoms with Crippen molar-refractivity contribution >= 4 is 33.8 Å². The second-order valence-electron chi connectivity index (χ2n) is 6.71. The molecule has 0 aliphatic heterocycles. The molecule has 0 unspecified atom stereocenters. The van der Waals surface area contributed by atoms with Gasteiger partial charge in [-0.05, 0) is 73.4 Å². The van der Waals surface area contributed by atoms with Crippen LogP contribution in [-0.2, 0) is 12.8 Å². The van der Waals surface area contributed by atoms with Crippen LogP contribution in [0.15, 0.2) is 48.5 Å². The van der Waals surface area contributed by atoms with E-state index in [9.17, 15) is 14.0 Å². The Bertz CT molecular complexity index is 1060. The van der Waals surface area contributed by atoms with Gasteiger partial charge in [0.25, 0.3) is 11.8 Å². The van der Waals surface area contributed by atoms with Gasteiger partial charge < -0.3 is 15.4 Å². The molecule has 0 atom stereocenters. The lowest BCUT2D eigenvalue weighted by molar-refractivity contribution is 0.102. The fraction of sp³-hybridized carbons (Fsp3) is 0.182. The van der Waals surface area contributed by atoms with E-state index >= 15 is 0 Å². The Morgan fingerprint density at radius 2 is 1.69 bits per heavy atom. The molecule has 0 saturated heterocycles. The summed E-state index contributed by atoms with van der Waals surface area (Å²) in [6.45, 7) is 0. The van der Waals surface area contributed by atoms with Crippen LogP contribution in [-0.4, -0.2) is 18.9 Å². The SMILES string of the molecule is COc1ccc(NC(=O)c2c(NC(=O)c3ccc(F)cc3)sc3c2CCC3)cc1. The zero-order valence-corrected chi connectivity index (χ0v) is 16.6. The minimum absolute atomic E-state index is 0.260. The van der Waals surface area contributed by atoms with Crippen LogP contribution in [0.2, 0.25) is 0 Å². The summed E-state index contributed by atoms with van der Waals surface area (Å²) in [5.41, 5.74) is 2.48. The highest BCUT2D eigenvalue weighted by Crippen LogP contribution is 2.39. The van der Waals surface area contributed by atoms with Gasteiger partial charge in [0.15, 0.2) is 0 Å². The fourth-order valence-electron chi connectivity index (χ4n) is 3.38. The van der Waals surface area contributed by atoms with Crippen molar-refractivity contribution in [1.29, 1.82) is 0 Å². The van der Waals surface area contributed by atoms with Gasteiger partial charge in [-0.15, -0.1) is 11.3 Å². The summed E-state index contributed by atoms with van der Waals surface area (Å²) in [6, 6.07) is 12.4. The Morgan fingerprint density at radius 3 is 2.38 bits per heavy atom. The smallest absolute Gasteiger partial charge is 0.258 e. The van der Waals surface area contributed by atoms with Crippen LogP contribution < -0.4 is 15.4 Å². The first-order valence-corrected chi connectivity index (χ1v) is 10.0. The molecule has 5 nitrogen and oxygen atoms in total. The van der Waals surface area contributed by atoms with Crippen molar-refractivity contribution in [1.82, 2.24) is 0 Å². The standard InChI is InChI=1S/C22H19FN2O3S/c1-28-16-11-9-15(10-12-16)24-21(27)19-17-3-2-4-18(17)29-22(19)25-20(26)13-5-7-14(23)8-6-13/h5-12H,2-4H2,1H3,(H,24,27)(H,25,26). The molecule has 7 heteroatoms. The minimum Gasteiger partial charge on any atom is -0.497 e. The number of ether oxygens (including phenoxy) is 1. The Balaban J connectivity index is 1.59. The number of benzene rings is 2. The average Bonchev–Trinajstić information content (AvgIpc) is 3.29. The van der Waals surface area contributed by atoms with E-state index < -0.39 is 5.82 Å². The molecule has 148 valence electrons. The van der Waals surface area contributed by atoms with Crippen LogP contribution in [0.1, 0.15) is 37.6 Å². The number of carbonyl (C=O) groups excluding carboxylic acids is 2. The van der Waals surface area contributed by atoms with Crippen molar-refractivity contribution in [3.8, 4) is 5.75 Å². The highest BCUT2D eigenvalue weighted by Gasteiger charge is 2.27. The van der Waals surface area contributed by atoms with E-state index in [0.29, 0.717) is 27.6 Å². The van der Waals surface area contributed by atoms with Crippen molar-refractivity contribution in [2.45, 2.75) is 19.3 Å². The number of hydrogen-bond acceptors (Lipinski definition) is 4. The normalized spacial score (nSPS) is 12.3. The molecule has 0 saturated carbocycles. The molecule has 4 rings (SSSR count). The summed E-state index contributed by atoms with van der Waals surface area (Å²) in [5, 5.41) is 6.26. The zero-order chi connectivity index (χ0) is 20.4. The van der Waals surface area contributed by atoms with Gasteiger partial charge in [0.2, 0.25) is 0 Å². The molecule has 0 spiro atoms. The van der Waals surface area contributed by atoms with Gasteiger partial charge in [0, 0.05) is 16.1 Å². The number of fused-ring (bicyclic) bond motifs is 1. The number of thiophene rings is 1. The van der Waals surface area contributed by atoms with Gasteiger partial charge in [0.1, 0.15) is 16.6 Å². The second-order valence-corrected chi connectivity index (χ2v) is 7.81. The Morgan fingerprint density at radius 1 is 0.966 bits per heavy atom. The van der Waals surface area contributed by atoms with Crippen LogP contribution in [0.3, 0.4) is 0 Å². The van der Waals surface area contributed by atoms with Crippen molar-refractivity contribution < 1.29 is 18.7 Å². The molecule has 1 aromatic heterocycles. The number of hydrogen-bond donors (Lipinski definition) is 2. The van der Waals surface area contributed by atoms with Crippen LogP contribution >= 0.6 is 11.3 Å². The molecule has 2 aromatic carbocycles. The lowest BCUT2D eigenvalue weighted by Crippen LogP contribution is -2.18. The Kier molecular flexibility index (Phi) is 5.31. The molecule has 2 N–H and O–H groups in total. The first kappa shape index (κ1) is 19.1. The number of rotatable bonds is 5. The molecular weight excluding hydrogens is 391 g/mol. The van der Waals surface area contributed by atoms with Crippen LogP contribution in [0.5, 0.6) is 5.75 Å². The lowest BCUT2D eigenvalue weighted by atomic mass is 10.1. The van der Waals surface area contributed by atoms with Gasteiger partial charge in [-0.2, -0.15) is 0 Å². The van der Waals surface area contributed by atoms with Gasteiger partial charge in [-0.3, -0.25) is 9.59 Å². The number of carbonyl (C=O) groups is 2. The molecular formula is C22H19FN2O3S. The van der Waals surface area contributed by atoms with E-state index in [-0.39, 0.29) is 11.8 Å². The molecule has 2 amide bonds. The largest absolute Gasteiger partial charge is 0.497 e. The Hall–Kier alpha value is -3.19. The zero-order valence-electron chi connectivity index (χ0n) is 15.8. The maximum Gasteiger partial charge on any atom is 0.258 e. The molecule has 29 heavy (non-hydrogen) atoms. The van der Waals surface area contributed by atoms with Gasteiger partial charge in [-0.25, -0.2) is 4.39 Å². The summed E-state index contributed by atoms with van der Waals surface area (Å²) < 4.78 is 18.3. The molecule has 1 aliphatic rings. The number of halogens is 1. The molecule has 0 fully saturated rings. The van der Waals surface area contributed by atoms with Crippen LogP contribution in [0, 0.1) is 5.82 Å². The monoisotopic (exact) mass is 410 g/mol. The van der Waals surface area contributed by atoms with Crippen LogP contribution in [0.4, 0.5) is 15.1 Å². The third-order valence-corrected chi connectivity index (χ3v) is 6.04. The first-order chi connectivity index (χ1) is 14.0. The lowest BCUT2D eigenvalue weighted by Gasteiger charge is -2.10. The van der Waals surface area contributed by atoms with Gasteiger partial charge in [-0.1, -0.05) is 0 Å². The molecule has 0 bridgehead atoms. The van der Waals surface area contributed by atoms with E-state index in [4.69, 9.17) is 4.74 Å². The van der Waals surface area contributed by atoms with Crippen LogP contribution in [0.25, 0.3) is 0 Å². The predicted molar refractivity (Wildman–Crippen MR) is 112 cm³/mol.